The van der Waals surface area contributed by atoms with E-state index in [1.807, 2.05) is 24.3 Å². The number of hydrogen-bond acceptors (Lipinski definition) is 11. The van der Waals surface area contributed by atoms with E-state index in [0.29, 0.717) is 67.0 Å². The lowest BCUT2D eigenvalue weighted by Gasteiger charge is -2.50. The van der Waals surface area contributed by atoms with Crippen molar-refractivity contribution in [2.75, 3.05) is 69.7 Å². The number of benzene rings is 1. The Morgan fingerprint density at radius 1 is 1.02 bits per heavy atom. The Morgan fingerprint density at radius 3 is 2.57 bits per heavy atom. The number of imide groups is 1. The van der Waals surface area contributed by atoms with Crippen LogP contribution < -0.4 is 15.5 Å². The van der Waals surface area contributed by atoms with Gasteiger partial charge < -0.3 is 19.9 Å². The topological polar surface area (TPSA) is 160 Å². The van der Waals surface area contributed by atoms with Gasteiger partial charge in [-0.3, -0.25) is 34.0 Å². The summed E-state index contributed by atoms with van der Waals surface area (Å²) in [6.45, 7) is 5.45. The number of nitrogens with one attached hydrogen (secondary N) is 2. The van der Waals surface area contributed by atoms with Gasteiger partial charge >= 0.3 is 0 Å². The van der Waals surface area contributed by atoms with Gasteiger partial charge in [-0.25, -0.2) is 22.7 Å². The summed E-state index contributed by atoms with van der Waals surface area (Å²) < 4.78 is 54.6. The third kappa shape index (κ3) is 8.56. The predicted molar refractivity (Wildman–Crippen MR) is 234 cm³/mol. The molecule has 65 heavy (non-hydrogen) atoms. The van der Waals surface area contributed by atoms with Gasteiger partial charge in [0.1, 0.15) is 23.7 Å². The molecule has 10 rings (SSSR count). The molecular weight excluding hydrogens is 842 g/mol. The molecule has 4 aliphatic heterocycles. The largest absolute Gasteiger partial charge is 0.482 e. The van der Waals surface area contributed by atoms with Gasteiger partial charge in [-0.2, -0.15) is 15.3 Å². The van der Waals surface area contributed by atoms with E-state index < -0.39 is 30.1 Å². The number of aryl methyl sites for hydroxylation is 1. The molecule has 4 aromatic heterocycles. The standard InChI is InChI=1S/C46H51F3N12O4/c1-56-21-29(22-56)30-23-59(24-30)38-15-17-60-44(52-38)34(19-50-60)46(64)51-36-26-61(55-41(36)43(48)49)31-10-8-27(9-11-31)20-58-16-14-37(35(47)25-58)65-18-4-6-28-5-3-7-32-40(54-57(2)42(28)32)33-12-13-39(62)53-45(33)63/h3,5,7,14-15,17,19,26-27,29-31,33,35,43H,8-13,16,18,20-25H2,1-2H3,(H,51,64)(H,53,62,63)/t27?,31?,33?,35-/m1/s1. The maximum Gasteiger partial charge on any atom is 0.284 e. The minimum atomic E-state index is -2.89. The number of nitrogens with zero attached hydrogens (tertiary/aromatic N) is 10. The fourth-order valence-electron chi connectivity index (χ4n) is 10.2. The van der Waals surface area contributed by atoms with Gasteiger partial charge in [0.25, 0.3) is 12.3 Å². The van der Waals surface area contributed by atoms with Crippen molar-refractivity contribution in [3.05, 3.63) is 77.2 Å². The smallest absolute Gasteiger partial charge is 0.284 e. The van der Waals surface area contributed by atoms with Crippen molar-refractivity contribution in [1.29, 1.82) is 0 Å². The molecular formula is C46H51F3N12O4. The quantitative estimate of drug-likeness (QED) is 0.138. The molecule has 1 unspecified atom stereocenters. The van der Waals surface area contributed by atoms with Gasteiger partial charge in [0.15, 0.2) is 17.5 Å². The minimum Gasteiger partial charge on any atom is -0.482 e. The zero-order valence-electron chi connectivity index (χ0n) is 36.3. The van der Waals surface area contributed by atoms with Crippen LogP contribution in [0.4, 0.5) is 24.7 Å². The van der Waals surface area contributed by atoms with E-state index in [4.69, 9.17) is 9.72 Å². The number of alkyl halides is 3. The summed E-state index contributed by atoms with van der Waals surface area (Å²) >= 11 is 0. The molecule has 4 fully saturated rings. The van der Waals surface area contributed by atoms with Gasteiger partial charge in [0.05, 0.1) is 40.6 Å². The number of anilines is 2. The maximum absolute atomic E-state index is 15.4. The zero-order chi connectivity index (χ0) is 44.9. The second-order valence-electron chi connectivity index (χ2n) is 18.2. The number of carbonyl (C=O) groups excluding carboxylic acids is 3. The molecule has 1 aliphatic carbocycles. The monoisotopic (exact) mass is 892 g/mol. The lowest BCUT2D eigenvalue weighted by molar-refractivity contribution is -0.134. The van der Waals surface area contributed by atoms with Crippen molar-refractivity contribution in [2.24, 2.45) is 24.8 Å². The fourth-order valence-corrected chi connectivity index (χ4v) is 10.2. The number of aromatic nitrogens is 7. The number of carbonyl (C=O) groups is 3. The van der Waals surface area contributed by atoms with Crippen molar-refractivity contribution in [3.63, 3.8) is 0 Å². The molecule has 3 amide bonds. The highest BCUT2D eigenvalue weighted by Crippen LogP contribution is 2.37. The Balaban J connectivity index is 0.710. The van der Waals surface area contributed by atoms with E-state index in [1.54, 1.807) is 28.7 Å². The summed E-state index contributed by atoms with van der Waals surface area (Å²) in [7, 11) is 3.91. The molecule has 0 bridgehead atoms. The van der Waals surface area contributed by atoms with E-state index >= 15 is 4.39 Å². The molecule has 19 heteroatoms. The van der Waals surface area contributed by atoms with Crippen molar-refractivity contribution in [2.45, 2.75) is 63.1 Å². The average Bonchev–Trinajstić information content (AvgIpc) is 3.98. The second-order valence-corrected chi connectivity index (χ2v) is 18.2. The number of fused-ring (bicyclic) bond motifs is 2. The van der Waals surface area contributed by atoms with Gasteiger partial charge in [0, 0.05) is 77.1 Å². The minimum absolute atomic E-state index is 0.00657. The second kappa shape index (κ2) is 17.6. The number of halogens is 3. The molecule has 0 radical (unpaired) electrons. The van der Waals surface area contributed by atoms with Crippen LogP contribution >= 0.6 is 0 Å². The zero-order valence-corrected chi connectivity index (χ0v) is 36.3. The normalized spacial score (nSPS) is 23.5. The third-order valence-electron chi connectivity index (χ3n) is 13.8. The van der Waals surface area contributed by atoms with Crippen molar-refractivity contribution in [1.82, 2.24) is 49.3 Å². The summed E-state index contributed by atoms with van der Waals surface area (Å²) in [6, 6.07) is 7.35. The molecule has 2 N–H and O–H groups in total. The van der Waals surface area contributed by atoms with Crippen LogP contribution in [0.5, 0.6) is 0 Å². The van der Waals surface area contributed by atoms with Crippen LogP contribution in [0.2, 0.25) is 0 Å². The average molecular weight is 893 g/mol. The van der Waals surface area contributed by atoms with E-state index in [9.17, 15) is 23.2 Å². The number of rotatable bonds is 11. The summed E-state index contributed by atoms with van der Waals surface area (Å²) in [5, 5.41) is 19.0. The van der Waals surface area contributed by atoms with Gasteiger partial charge in [-0.1, -0.05) is 24.0 Å². The molecule has 8 heterocycles. The van der Waals surface area contributed by atoms with E-state index in [-0.39, 0.29) is 54.4 Å². The lowest BCUT2D eigenvalue weighted by Crippen LogP contribution is -2.58. The number of para-hydroxylation sites is 1. The molecule has 340 valence electrons. The highest BCUT2D eigenvalue weighted by Gasteiger charge is 2.39. The summed E-state index contributed by atoms with van der Waals surface area (Å²) in [6.07, 6.45) is 5.93. The van der Waals surface area contributed by atoms with Crippen LogP contribution in [-0.2, 0) is 21.4 Å². The van der Waals surface area contributed by atoms with Crippen LogP contribution in [0.15, 0.2) is 54.7 Å². The summed E-state index contributed by atoms with van der Waals surface area (Å²) in [5.74, 6) is 7.02. The highest BCUT2D eigenvalue weighted by molar-refractivity contribution is 6.08. The molecule has 1 aromatic carbocycles. The van der Waals surface area contributed by atoms with E-state index in [1.165, 1.54) is 16.9 Å². The predicted octanol–water partition coefficient (Wildman–Crippen LogP) is 4.86. The molecule has 5 aromatic rings. The van der Waals surface area contributed by atoms with Crippen LogP contribution in [-0.4, -0.2) is 127 Å². The first-order valence-electron chi connectivity index (χ1n) is 22.4. The van der Waals surface area contributed by atoms with Gasteiger partial charge in [0.2, 0.25) is 11.8 Å². The molecule has 3 saturated heterocycles. The number of hydrogen-bond donors (Lipinski definition) is 2. The first kappa shape index (κ1) is 42.7. The Labute approximate surface area is 373 Å². The van der Waals surface area contributed by atoms with E-state index in [2.05, 4.69) is 59.5 Å². The third-order valence-corrected chi connectivity index (χ3v) is 13.8. The van der Waals surface area contributed by atoms with Crippen molar-refractivity contribution < 1.29 is 32.3 Å². The maximum atomic E-state index is 15.4. The van der Waals surface area contributed by atoms with E-state index in [0.717, 1.165) is 55.7 Å². The van der Waals surface area contributed by atoms with Crippen LogP contribution in [0.3, 0.4) is 0 Å². The molecule has 5 aliphatic rings. The summed E-state index contributed by atoms with van der Waals surface area (Å²) in [5.41, 5.74) is 2.09. The first-order chi connectivity index (χ1) is 31.4. The Morgan fingerprint density at radius 2 is 1.82 bits per heavy atom. The van der Waals surface area contributed by atoms with Crippen molar-refractivity contribution >= 4 is 45.8 Å². The summed E-state index contributed by atoms with van der Waals surface area (Å²) in [4.78, 5) is 49.1. The number of piperidine rings is 1. The highest BCUT2D eigenvalue weighted by atomic mass is 19.3. The Bertz CT molecular complexity index is 2730. The molecule has 0 spiro atoms. The molecule has 2 atom stereocenters. The number of amides is 3. The van der Waals surface area contributed by atoms with Gasteiger partial charge in [-0.15, -0.1) is 0 Å². The Hall–Kier alpha value is -6.26. The Kier molecular flexibility index (Phi) is 11.6. The van der Waals surface area contributed by atoms with Crippen LogP contribution in [0, 0.1) is 29.6 Å². The van der Waals surface area contributed by atoms with Crippen LogP contribution in [0.1, 0.15) is 84.2 Å². The SMILES string of the molecule is CN1CC(C2CN(c3ccn4ncc(C(=O)Nc5cn(C6CCC(CN7CC=C(OCC#Cc8cccc9c(C%10CCC(=O)NC%10=O)nn(C)c89)[C@H](F)C7)CC6)nc5C(F)F)c4n3)C2)C1. The fraction of sp³-hybridized carbons (Fsp3) is 0.500. The number of likely N-dealkylation sites (tertiary alicyclic amines) is 1. The van der Waals surface area contributed by atoms with Crippen LogP contribution in [0.25, 0.3) is 16.6 Å². The number of ether oxygens (including phenoxy) is 1. The van der Waals surface area contributed by atoms with Crippen molar-refractivity contribution in [3.8, 4) is 11.8 Å². The molecule has 1 saturated carbocycles. The lowest BCUT2D eigenvalue weighted by atomic mass is 9.81. The first-order valence-corrected chi connectivity index (χ1v) is 22.4. The van der Waals surface area contributed by atoms with Gasteiger partial charge in [-0.05, 0) is 75.1 Å². The molecule has 16 nitrogen and oxygen atoms in total.